The Balaban J connectivity index is 1.38. The first-order valence-corrected chi connectivity index (χ1v) is 9.55. The Morgan fingerprint density at radius 1 is 0.750 bits per heavy atom. The molecule has 5 saturated carbocycles. The number of hydrogen-bond donors (Lipinski definition) is 1. The van der Waals surface area contributed by atoms with Crippen LogP contribution in [0.3, 0.4) is 0 Å². The van der Waals surface area contributed by atoms with Gasteiger partial charge in [0.25, 0.3) is 0 Å². The van der Waals surface area contributed by atoms with Crippen LogP contribution in [0.25, 0.3) is 0 Å². The van der Waals surface area contributed by atoms with Crippen molar-refractivity contribution >= 4 is 0 Å². The smallest absolute Gasteiger partial charge is 0.0127 e. The summed E-state index contributed by atoms with van der Waals surface area (Å²) in [4.78, 5) is 0. The lowest BCUT2D eigenvalue weighted by Crippen LogP contribution is -2.57. The van der Waals surface area contributed by atoms with Crippen molar-refractivity contribution in [1.29, 1.82) is 0 Å². The lowest BCUT2D eigenvalue weighted by atomic mass is 9.54. The molecule has 5 aliphatic rings. The van der Waals surface area contributed by atoms with Crippen molar-refractivity contribution in [1.82, 2.24) is 5.32 Å². The second-order valence-corrected chi connectivity index (χ2v) is 8.66. The van der Waals surface area contributed by atoms with Crippen molar-refractivity contribution in [3.8, 4) is 0 Å². The van der Waals surface area contributed by atoms with Gasteiger partial charge >= 0.3 is 0 Å². The molecule has 5 fully saturated rings. The Kier molecular flexibility index (Phi) is 3.83. The molecule has 0 unspecified atom stereocenters. The molecule has 20 heavy (non-hydrogen) atoms. The minimum Gasteiger partial charge on any atom is -0.311 e. The monoisotopic (exact) mass is 275 g/mol. The van der Waals surface area contributed by atoms with Crippen LogP contribution < -0.4 is 5.32 Å². The Bertz CT molecular complexity index is 301. The van der Waals surface area contributed by atoms with E-state index in [4.69, 9.17) is 0 Å². The van der Waals surface area contributed by atoms with Gasteiger partial charge in [0.2, 0.25) is 0 Å². The molecule has 1 nitrogen and oxygen atoms in total. The van der Waals surface area contributed by atoms with Gasteiger partial charge in [-0.1, -0.05) is 25.7 Å². The zero-order chi connectivity index (χ0) is 13.5. The average Bonchev–Trinajstić information content (AvgIpc) is 2.71. The Labute approximate surface area is 125 Å². The van der Waals surface area contributed by atoms with E-state index in [2.05, 4.69) is 12.2 Å². The SMILES string of the molecule is C[C@@H](NC1C2CC3CC(C2)CC1C3)C1CCCCCC1. The summed E-state index contributed by atoms with van der Waals surface area (Å²) in [5.74, 6) is 5.28. The molecular formula is C19H33N. The molecule has 4 bridgehead atoms. The minimum absolute atomic E-state index is 0.774. The van der Waals surface area contributed by atoms with Gasteiger partial charge in [-0.3, -0.25) is 0 Å². The normalized spacial score (nSPS) is 46.4. The van der Waals surface area contributed by atoms with Crippen molar-refractivity contribution in [2.45, 2.75) is 89.6 Å². The third kappa shape index (κ3) is 2.56. The van der Waals surface area contributed by atoms with E-state index in [1.165, 1.54) is 38.5 Å². The number of rotatable bonds is 3. The van der Waals surface area contributed by atoms with Crippen LogP contribution in [0, 0.1) is 29.6 Å². The summed E-state index contributed by atoms with van der Waals surface area (Å²) in [6, 6.07) is 1.66. The molecule has 0 spiro atoms. The summed E-state index contributed by atoms with van der Waals surface area (Å²) in [5.41, 5.74) is 0. The van der Waals surface area contributed by atoms with Gasteiger partial charge in [0.15, 0.2) is 0 Å². The maximum absolute atomic E-state index is 4.16. The molecular weight excluding hydrogens is 242 g/mol. The van der Waals surface area contributed by atoms with E-state index in [9.17, 15) is 0 Å². The highest BCUT2D eigenvalue weighted by atomic mass is 15.0. The van der Waals surface area contributed by atoms with E-state index in [0.29, 0.717) is 0 Å². The maximum Gasteiger partial charge on any atom is 0.0127 e. The van der Waals surface area contributed by atoms with Crippen molar-refractivity contribution in [2.75, 3.05) is 0 Å². The molecule has 0 amide bonds. The van der Waals surface area contributed by atoms with Crippen molar-refractivity contribution in [3.05, 3.63) is 0 Å². The molecule has 0 aromatic rings. The predicted molar refractivity (Wildman–Crippen MR) is 84.6 cm³/mol. The van der Waals surface area contributed by atoms with Gasteiger partial charge < -0.3 is 5.32 Å². The molecule has 0 saturated heterocycles. The number of nitrogens with one attached hydrogen (secondary N) is 1. The van der Waals surface area contributed by atoms with E-state index < -0.39 is 0 Å². The van der Waals surface area contributed by atoms with E-state index >= 15 is 0 Å². The fourth-order valence-electron chi connectivity index (χ4n) is 6.45. The average molecular weight is 275 g/mol. The molecule has 1 heteroatoms. The third-order valence-corrected chi connectivity index (χ3v) is 7.29. The highest BCUT2D eigenvalue weighted by Gasteiger charge is 2.48. The summed E-state index contributed by atoms with van der Waals surface area (Å²) in [6.07, 6.45) is 16.7. The van der Waals surface area contributed by atoms with Crippen LogP contribution in [0.15, 0.2) is 0 Å². The topological polar surface area (TPSA) is 12.0 Å². The second-order valence-electron chi connectivity index (χ2n) is 8.66. The van der Waals surface area contributed by atoms with Crippen LogP contribution in [-0.2, 0) is 0 Å². The number of hydrogen-bond acceptors (Lipinski definition) is 1. The van der Waals surface area contributed by atoms with Gasteiger partial charge in [0, 0.05) is 12.1 Å². The zero-order valence-electron chi connectivity index (χ0n) is 13.3. The van der Waals surface area contributed by atoms with Gasteiger partial charge in [-0.25, -0.2) is 0 Å². The van der Waals surface area contributed by atoms with Gasteiger partial charge in [-0.05, 0) is 81.5 Å². The Morgan fingerprint density at radius 2 is 1.30 bits per heavy atom. The lowest BCUT2D eigenvalue weighted by molar-refractivity contribution is -0.0197. The Morgan fingerprint density at radius 3 is 1.85 bits per heavy atom. The van der Waals surface area contributed by atoms with Crippen LogP contribution in [0.1, 0.15) is 77.6 Å². The van der Waals surface area contributed by atoms with Crippen LogP contribution >= 0.6 is 0 Å². The van der Waals surface area contributed by atoms with Crippen LogP contribution in [0.5, 0.6) is 0 Å². The van der Waals surface area contributed by atoms with Gasteiger partial charge in [-0.15, -0.1) is 0 Å². The lowest BCUT2D eigenvalue weighted by Gasteiger charge is -2.55. The summed E-state index contributed by atoms with van der Waals surface area (Å²) in [6.45, 7) is 2.50. The van der Waals surface area contributed by atoms with Gasteiger partial charge in [0.05, 0.1) is 0 Å². The summed E-state index contributed by atoms with van der Waals surface area (Å²) in [7, 11) is 0. The standard InChI is InChI=1S/C19H33N/c1-13(16-6-4-2-3-5-7-16)20-19-17-9-14-8-15(11-17)12-18(19)10-14/h13-20H,2-12H2,1H3/t13-,14?,15?,17?,18?,19?/m1/s1. The highest BCUT2D eigenvalue weighted by molar-refractivity contribution is 5.02. The molecule has 1 atom stereocenters. The summed E-state index contributed by atoms with van der Waals surface area (Å²) in [5, 5.41) is 4.16. The second kappa shape index (κ2) is 5.63. The summed E-state index contributed by atoms with van der Waals surface area (Å²) >= 11 is 0. The predicted octanol–water partition coefficient (Wildman–Crippen LogP) is 4.76. The third-order valence-electron chi connectivity index (χ3n) is 7.29. The van der Waals surface area contributed by atoms with Crippen LogP contribution in [-0.4, -0.2) is 12.1 Å². The van der Waals surface area contributed by atoms with E-state index in [1.54, 1.807) is 32.1 Å². The summed E-state index contributed by atoms with van der Waals surface area (Å²) < 4.78 is 0. The minimum atomic E-state index is 0.774. The molecule has 0 aliphatic heterocycles. The largest absolute Gasteiger partial charge is 0.311 e. The van der Waals surface area contributed by atoms with E-state index in [-0.39, 0.29) is 0 Å². The molecule has 5 aliphatic carbocycles. The molecule has 0 radical (unpaired) electrons. The van der Waals surface area contributed by atoms with Crippen molar-refractivity contribution in [2.24, 2.45) is 29.6 Å². The first-order valence-electron chi connectivity index (χ1n) is 9.55. The highest BCUT2D eigenvalue weighted by Crippen LogP contribution is 2.53. The zero-order valence-corrected chi connectivity index (χ0v) is 13.3. The molecule has 0 aromatic heterocycles. The molecule has 0 heterocycles. The van der Waals surface area contributed by atoms with E-state index in [1.807, 2.05) is 0 Å². The van der Waals surface area contributed by atoms with E-state index in [0.717, 1.165) is 41.7 Å². The van der Waals surface area contributed by atoms with Gasteiger partial charge in [-0.2, -0.15) is 0 Å². The van der Waals surface area contributed by atoms with Gasteiger partial charge in [0.1, 0.15) is 0 Å². The first-order chi connectivity index (χ1) is 9.79. The quantitative estimate of drug-likeness (QED) is 0.732. The Hall–Kier alpha value is -0.0400. The molecule has 1 N–H and O–H groups in total. The molecule has 5 rings (SSSR count). The maximum atomic E-state index is 4.16. The van der Waals surface area contributed by atoms with Crippen molar-refractivity contribution < 1.29 is 0 Å². The first kappa shape index (κ1) is 13.6. The van der Waals surface area contributed by atoms with Crippen LogP contribution in [0.4, 0.5) is 0 Å². The fourth-order valence-corrected chi connectivity index (χ4v) is 6.45. The molecule has 114 valence electrons. The molecule has 0 aromatic carbocycles. The van der Waals surface area contributed by atoms with Crippen molar-refractivity contribution in [3.63, 3.8) is 0 Å². The fraction of sp³-hybridized carbons (Fsp3) is 1.00. The van der Waals surface area contributed by atoms with Crippen LogP contribution in [0.2, 0.25) is 0 Å².